The Morgan fingerprint density at radius 2 is 1.95 bits per heavy atom. The number of nitrogens with one attached hydrogen (secondary N) is 1. The van der Waals surface area contributed by atoms with Gasteiger partial charge in [0.25, 0.3) is 0 Å². The Hall–Kier alpha value is -1.61. The quantitative estimate of drug-likeness (QED) is 0.880. The fraction of sp³-hybridized carbons (Fsp3) is 0.500. The Morgan fingerprint density at radius 1 is 1.14 bits per heavy atom. The normalized spacial score (nSPS) is 11.8. The number of aryl methyl sites for hydroxylation is 3. The molecule has 1 heterocycles. The number of benzene rings is 1. The lowest BCUT2D eigenvalue weighted by atomic mass is 10.1. The minimum absolute atomic E-state index is 0.139. The summed E-state index contributed by atoms with van der Waals surface area (Å²) in [5.41, 5.74) is 2.79. The van der Waals surface area contributed by atoms with Gasteiger partial charge < -0.3 is 9.73 Å². The first-order chi connectivity index (χ1) is 9.92. The van der Waals surface area contributed by atoms with Gasteiger partial charge in [0.2, 0.25) is 0 Å². The maximum absolute atomic E-state index is 5.80. The summed E-state index contributed by atoms with van der Waals surface area (Å²) < 4.78 is 5.80. The molecule has 0 radical (unpaired) electrons. The van der Waals surface area contributed by atoms with Crippen LogP contribution in [0.3, 0.4) is 0 Å². The molecule has 0 aliphatic heterocycles. The van der Waals surface area contributed by atoms with Crippen LogP contribution in [0.4, 0.5) is 0 Å². The molecule has 1 aromatic heterocycles. The molecule has 0 amide bonds. The van der Waals surface area contributed by atoms with Crippen LogP contribution in [0.1, 0.15) is 43.5 Å². The lowest BCUT2D eigenvalue weighted by Crippen LogP contribution is -2.37. The standard InChI is InChI=1S/C18H26N2O/c1-14-6-5-7-15(12-14)8-9-16-13-19-17(21-16)10-11-20-18(2,3)4/h5-7,12-13,20H,8-11H2,1-4H3. The zero-order chi connectivity index (χ0) is 15.3. The van der Waals surface area contributed by atoms with Crippen molar-refractivity contribution in [1.29, 1.82) is 0 Å². The van der Waals surface area contributed by atoms with Crippen molar-refractivity contribution in [2.45, 2.75) is 52.5 Å². The maximum atomic E-state index is 5.80. The molecule has 0 saturated carbocycles. The molecule has 114 valence electrons. The third-order valence-electron chi connectivity index (χ3n) is 3.34. The van der Waals surface area contributed by atoms with Gasteiger partial charge in [-0.2, -0.15) is 0 Å². The number of oxazole rings is 1. The minimum Gasteiger partial charge on any atom is -0.446 e. The summed E-state index contributed by atoms with van der Waals surface area (Å²) in [5.74, 6) is 1.80. The monoisotopic (exact) mass is 286 g/mol. The highest BCUT2D eigenvalue weighted by molar-refractivity contribution is 5.22. The van der Waals surface area contributed by atoms with Gasteiger partial charge in [0.1, 0.15) is 5.76 Å². The van der Waals surface area contributed by atoms with Gasteiger partial charge in [-0.1, -0.05) is 29.8 Å². The lowest BCUT2D eigenvalue weighted by Gasteiger charge is -2.19. The fourth-order valence-corrected chi connectivity index (χ4v) is 2.26. The molecule has 3 nitrogen and oxygen atoms in total. The Bertz CT molecular complexity index is 567. The first kappa shape index (κ1) is 15.8. The van der Waals surface area contributed by atoms with Crippen LogP contribution in [-0.4, -0.2) is 17.1 Å². The molecule has 3 heteroatoms. The summed E-state index contributed by atoms with van der Waals surface area (Å²) in [6.07, 6.45) is 4.60. The Balaban J connectivity index is 1.80. The van der Waals surface area contributed by atoms with Gasteiger partial charge in [-0.25, -0.2) is 4.98 Å². The van der Waals surface area contributed by atoms with E-state index in [-0.39, 0.29) is 5.54 Å². The van der Waals surface area contributed by atoms with E-state index in [9.17, 15) is 0 Å². The van der Waals surface area contributed by atoms with E-state index in [1.807, 2.05) is 6.20 Å². The van der Waals surface area contributed by atoms with Crippen LogP contribution in [0.15, 0.2) is 34.9 Å². The van der Waals surface area contributed by atoms with Gasteiger partial charge in [-0.3, -0.25) is 0 Å². The summed E-state index contributed by atoms with van der Waals surface area (Å²) >= 11 is 0. The van der Waals surface area contributed by atoms with Crippen LogP contribution in [0, 0.1) is 6.92 Å². The SMILES string of the molecule is Cc1cccc(CCc2cnc(CCNC(C)(C)C)o2)c1. The summed E-state index contributed by atoms with van der Waals surface area (Å²) in [6, 6.07) is 8.62. The van der Waals surface area contributed by atoms with E-state index < -0.39 is 0 Å². The van der Waals surface area contributed by atoms with Crippen LogP contribution < -0.4 is 5.32 Å². The molecule has 0 spiro atoms. The highest BCUT2D eigenvalue weighted by Crippen LogP contribution is 2.11. The summed E-state index contributed by atoms with van der Waals surface area (Å²) in [5, 5.41) is 3.44. The van der Waals surface area contributed by atoms with E-state index in [0.29, 0.717) is 0 Å². The second-order valence-electron chi connectivity index (χ2n) is 6.64. The summed E-state index contributed by atoms with van der Waals surface area (Å²) in [6.45, 7) is 9.50. The topological polar surface area (TPSA) is 38.1 Å². The van der Waals surface area contributed by atoms with E-state index in [1.54, 1.807) is 0 Å². The first-order valence-corrected chi connectivity index (χ1v) is 7.66. The smallest absolute Gasteiger partial charge is 0.195 e. The van der Waals surface area contributed by atoms with Crippen molar-refractivity contribution < 1.29 is 4.42 Å². The van der Waals surface area contributed by atoms with Gasteiger partial charge in [-0.15, -0.1) is 0 Å². The number of hydrogen-bond acceptors (Lipinski definition) is 3. The zero-order valence-electron chi connectivity index (χ0n) is 13.6. The van der Waals surface area contributed by atoms with E-state index in [4.69, 9.17) is 4.42 Å². The highest BCUT2D eigenvalue weighted by atomic mass is 16.4. The van der Waals surface area contributed by atoms with Crippen molar-refractivity contribution in [3.8, 4) is 0 Å². The molecule has 0 unspecified atom stereocenters. The minimum atomic E-state index is 0.139. The average molecular weight is 286 g/mol. The molecular formula is C18H26N2O. The molecule has 0 bridgehead atoms. The van der Waals surface area contributed by atoms with Gasteiger partial charge in [-0.05, 0) is 39.7 Å². The maximum Gasteiger partial charge on any atom is 0.195 e. The molecular weight excluding hydrogens is 260 g/mol. The molecule has 1 aromatic carbocycles. The van der Waals surface area contributed by atoms with Crippen molar-refractivity contribution in [2.24, 2.45) is 0 Å². The van der Waals surface area contributed by atoms with Gasteiger partial charge in [0.05, 0.1) is 6.20 Å². The predicted molar refractivity (Wildman–Crippen MR) is 86.5 cm³/mol. The Labute approximate surface area is 127 Å². The Kier molecular flexibility index (Phi) is 5.18. The molecule has 2 rings (SSSR count). The lowest BCUT2D eigenvalue weighted by molar-refractivity contribution is 0.401. The molecule has 21 heavy (non-hydrogen) atoms. The number of hydrogen-bond donors (Lipinski definition) is 1. The van der Waals surface area contributed by atoms with E-state index in [2.05, 4.69) is 62.3 Å². The van der Waals surface area contributed by atoms with Crippen LogP contribution in [0.2, 0.25) is 0 Å². The molecule has 2 aromatic rings. The number of rotatable bonds is 6. The van der Waals surface area contributed by atoms with E-state index in [0.717, 1.165) is 37.5 Å². The Morgan fingerprint density at radius 3 is 2.67 bits per heavy atom. The van der Waals surface area contributed by atoms with Gasteiger partial charge in [0, 0.05) is 24.9 Å². The van der Waals surface area contributed by atoms with Crippen LogP contribution >= 0.6 is 0 Å². The number of nitrogens with zero attached hydrogens (tertiary/aromatic N) is 1. The van der Waals surface area contributed by atoms with Crippen LogP contribution in [0.25, 0.3) is 0 Å². The third-order valence-corrected chi connectivity index (χ3v) is 3.34. The molecule has 0 aliphatic carbocycles. The van der Waals surface area contributed by atoms with E-state index in [1.165, 1.54) is 11.1 Å². The molecule has 0 aliphatic rings. The predicted octanol–water partition coefficient (Wildman–Crippen LogP) is 3.70. The number of aromatic nitrogens is 1. The molecule has 0 atom stereocenters. The summed E-state index contributed by atoms with van der Waals surface area (Å²) in [7, 11) is 0. The average Bonchev–Trinajstić information content (AvgIpc) is 2.83. The third kappa shape index (κ3) is 5.72. The van der Waals surface area contributed by atoms with Gasteiger partial charge >= 0.3 is 0 Å². The fourth-order valence-electron chi connectivity index (χ4n) is 2.26. The zero-order valence-corrected chi connectivity index (χ0v) is 13.6. The molecule has 0 fully saturated rings. The largest absolute Gasteiger partial charge is 0.446 e. The van der Waals surface area contributed by atoms with Crippen LogP contribution in [0.5, 0.6) is 0 Å². The second-order valence-corrected chi connectivity index (χ2v) is 6.64. The van der Waals surface area contributed by atoms with Crippen molar-refractivity contribution in [3.63, 3.8) is 0 Å². The van der Waals surface area contributed by atoms with Crippen molar-refractivity contribution in [3.05, 3.63) is 53.2 Å². The van der Waals surface area contributed by atoms with E-state index >= 15 is 0 Å². The van der Waals surface area contributed by atoms with Gasteiger partial charge in [0.15, 0.2) is 5.89 Å². The molecule has 0 saturated heterocycles. The second kappa shape index (κ2) is 6.90. The van der Waals surface area contributed by atoms with Crippen LogP contribution in [-0.2, 0) is 19.3 Å². The first-order valence-electron chi connectivity index (χ1n) is 7.66. The highest BCUT2D eigenvalue weighted by Gasteiger charge is 2.09. The van der Waals surface area contributed by atoms with Crippen molar-refractivity contribution in [2.75, 3.05) is 6.54 Å². The van der Waals surface area contributed by atoms with Crippen molar-refractivity contribution in [1.82, 2.24) is 10.3 Å². The molecule has 1 N–H and O–H groups in total. The summed E-state index contributed by atoms with van der Waals surface area (Å²) in [4.78, 5) is 4.36. The van der Waals surface area contributed by atoms with Crippen molar-refractivity contribution >= 4 is 0 Å².